The highest BCUT2D eigenvalue weighted by Gasteiger charge is 2.03. The Labute approximate surface area is 85.9 Å². The van der Waals surface area contributed by atoms with Crippen LogP contribution in [0.25, 0.3) is 0 Å². The van der Waals surface area contributed by atoms with Gasteiger partial charge in [-0.25, -0.2) is 0 Å². The lowest BCUT2D eigenvalue weighted by Gasteiger charge is -2.21. The first-order valence-corrected chi connectivity index (χ1v) is 5.05. The summed E-state index contributed by atoms with van der Waals surface area (Å²) in [6.07, 6.45) is 2.83. The highest BCUT2D eigenvalue weighted by atomic mass is 15.1. The minimum atomic E-state index is 0.193. The van der Waals surface area contributed by atoms with E-state index in [-0.39, 0.29) is 6.04 Å². The SMILES string of the molecule is CCc1cc(N(C)CC(C)N)ccn1. The predicted octanol–water partition coefficient (Wildman–Crippen LogP) is 1.43. The smallest absolute Gasteiger partial charge is 0.0421 e. The first-order valence-electron chi connectivity index (χ1n) is 5.05. The van der Waals surface area contributed by atoms with Crippen molar-refractivity contribution in [2.75, 3.05) is 18.5 Å². The van der Waals surface area contributed by atoms with E-state index in [1.54, 1.807) is 0 Å². The van der Waals surface area contributed by atoms with Crippen LogP contribution in [0.3, 0.4) is 0 Å². The van der Waals surface area contributed by atoms with Crippen molar-refractivity contribution in [3.8, 4) is 0 Å². The molecule has 0 amide bonds. The molecular weight excluding hydrogens is 174 g/mol. The molecule has 0 aliphatic heterocycles. The summed E-state index contributed by atoms with van der Waals surface area (Å²) in [5.74, 6) is 0. The van der Waals surface area contributed by atoms with Crippen LogP contribution in [-0.4, -0.2) is 24.6 Å². The largest absolute Gasteiger partial charge is 0.373 e. The molecule has 0 saturated heterocycles. The van der Waals surface area contributed by atoms with Crippen LogP contribution in [0.15, 0.2) is 18.3 Å². The summed E-state index contributed by atoms with van der Waals surface area (Å²) in [5, 5.41) is 0. The summed E-state index contributed by atoms with van der Waals surface area (Å²) < 4.78 is 0. The summed E-state index contributed by atoms with van der Waals surface area (Å²) in [7, 11) is 2.05. The number of nitrogens with two attached hydrogens (primary N) is 1. The number of nitrogens with zero attached hydrogens (tertiary/aromatic N) is 2. The number of anilines is 1. The van der Waals surface area contributed by atoms with Crippen LogP contribution >= 0.6 is 0 Å². The Morgan fingerprint density at radius 3 is 2.86 bits per heavy atom. The lowest BCUT2D eigenvalue weighted by Crippen LogP contribution is -2.32. The first-order chi connectivity index (χ1) is 6.63. The fraction of sp³-hybridized carbons (Fsp3) is 0.545. The standard InChI is InChI=1S/C11H19N3/c1-4-10-7-11(5-6-13-10)14(3)8-9(2)12/h5-7,9H,4,8,12H2,1-3H3. The maximum atomic E-state index is 5.74. The molecule has 3 nitrogen and oxygen atoms in total. The molecule has 0 aliphatic carbocycles. The van der Waals surface area contributed by atoms with Crippen molar-refractivity contribution in [1.29, 1.82) is 0 Å². The van der Waals surface area contributed by atoms with Crippen molar-refractivity contribution < 1.29 is 0 Å². The molecule has 1 atom stereocenters. The zero-order valence-electron chi connectivity index (χ0n) is 9.20. The minimum absolute atomic E-state index is 0.193. The van der Waals surface area contributed by atoms with Gasteiger partial charge in [-0.1, -0.05) is 6.92 Å². The quantitative estimate of drug-likeness (QED) is 0.786. The zero-order valence-corrected chi connectivity index (χ0v) is 9.20. The van der Waals surface area contributed by atoms with Crippen molar-refractivity contribution in [3.63, 3.8) is 0 Å². The van der Waals surface area contributed by atoms with E-state index < -0.39 is 0 Å². The average Bonchev–Trinajstić information content (AvgIpc) is 2.17. The van der Waals surface area contributed by atoms with E-state index >= 15 is 0 Å². The van der Waals surface area contributed by atoms with E-state index in [0.717, 1.165) is 18.7 Å². The van der Waals surface area contributed by atoms with Crippen molar-refractivity contribution in [3.05, 3.63) is 24.0 Å². The number of hydrogen-bond acceptors (Lipinski definition) is 3. The van der Waals surface area contributed by atoms with Gasteiger partial charge < -0.3 is 10.6 Å². The molecule has 2 N–H and O–H groups in total. The second kappa shape index (κ2) is 4.96. The molecule has 1 aromatic rings. The summed E-state index contributed by atoms with van der Waals surface area (Å²) in [6.45, 7) is 4.99. The molecule has 1 heterocycles. The molecule has 0 aliphatic rings. The van der Waals surface area contributed by atoms with Crippen LogP contribution < -0.4 is 10.6 Å². The van der Waals surface area contributed by atoms with E-state index in [2.05, 4.69) is 29.9 Å². The number of likely N-dealkylation sites (N-methyl/N-ethyl adjacent to an activating group) is 1. The monoisotopic (exact) mass is 193 g/mol. The van der Waals surface area contributed by atoms with E-state index in [1.807, 2.05) is 19.2 Å². The number of pyridine rings is 1. The fourth-order valence-corrected chi connectivity index (χ4v) is 1.43. The highest BCUT2D eigenvalue weighted by molar-refractivity contribution is 5.45. The van der Waals surface area contributed by atoms with Crippen LogP contribution in [-0.2, 0) is 6.42 Å². The fourth-order valence-electron chi connectivity index (χ4n) is 1.43. The normalized spacial score (nSPS) is 12.6. The van der Waals surface area contributed by atoms with Crippen LogP contribution in [0.2, 0.25) is 0 Å². The van der Waals surface area contributed by atoms with E-state index in [0.29, 0.717) is 0 Å². The Kier molecular flexibility index (Phi) is 3.89. The van der Waals surface area contributed by atoms with Gasteiger partial charge in [0.05, 0.1) is 0 Å². The van der Waals surface area contributed by atoms with Gasteiger partial charge in [-0.3, -0.25) is 4.98 Å². The molecule has 1 unspecified atom stereocenters. The van der Waals surface area contributed by atoms with Gasteiger partial charge in [-0.15, -0.1) is 0 Å². The molecule has 3 heteroatoms. The van der Waals surface area contributed by atoms with Gasteiger partial charge in [-0.2, -0.15) is 0 Å². The Morgan fingerprint density at radius 1 is 1.57 bits per heavy atom. The molecule has 14 heavy (non-hydrogen) atoms. The minimum Gasteiger partial charge on any atom is -0.373 e. The predicted molar refractivity (Wildman–Crippen MR) is 60.5 cm³/mol. The number of aromatic nitrogens is 1. The molecule has 0 saturated carbocycles. The van der Waals surface area contributed by atoms with Crippen LogP contribution in [0.4, 0.5) is 5.69 Å². The van der Waals surface area contributed by atoms with Crippen LogP contribution in [0.1, 0.15) is 19.5 Å². The van der Waals surface area contributed by atoms with Crippen molar-refractivity contribution >= 4 is 5.69 Å². The second-order valence-electron chi connectivity index (χ2n) is 3.72. The lowest BCUT2D eigenvalue weighted by atomic mass is 10.2. The third-order valence-electron chi connectivity index (χ3n) is 2.17. The van der Waals surface area contributed by atoms with Gasteiger partial charge in [0.2, 0.25) is 0 Å². The molecule has 0 bridgehead atoms. The third-order valence-corrected chi connectivity index (χ3v) is 2.17. The molecular formula is C11H19N3. The summed E-state index contributed by atoms with van der Waals surface area (Å²) in [6, 6.07) is 4.32. The van der Waals surface area contributed by atoms with E-state index in [9.17, 15) is 0 Å². The third kappa shape index (κ3) is 3.00. The second-order valence-corrected chi connectivity index (χ2v) is 3.72. The van der Waals surface area contributed by atoms with Gasteiger partial charge in [0.15, 0.2) is 0 Å². The highest BCUT2D eigenvalue weighted by Crippen LogP contribution is 2.13. The van der Waals surface area contributed by atoms with Crippen molar-refractivity contribution in [1.82, 2.24) is 4.98 Å². The average molecular weight is 193 g/mol. The van der Waals surface area contributed by atoms with Gasteiger partial charge in [0, 0.05) is 37.2 Å². The van der Waals surface area contributed by atoms with Gasteiger partial charge in [0.25, 0.3) is 0 Å². The lowest BCUT2D eigenvalue weighted by molar-refractivity contribution is 0.717. The Hall–Kier alpha value is -1.09. The van der Waals surface area contributed by atoms with E-state index in [4.69, 9.17) is 5.73 Å². The molecule has 78 valence electrons. The molecule has 0 fully saturated rings. The number of hydrogen-bond donors (Lipinski definition) is 1. The topological polar surface area (TPSA) is 42.1 Å². The Bertz CT molecular complexity index is 284. The molecule has 1 aromatic heterocycles. The first kappa shape index (κ1) is 11.0. The summed E-state index contributed by atoms with van der Waals surface area (Å²) >= 11 is 0. The van der Waals surface area contributed by atoms with Crippen molar-refractivity contribution in [2.45, 2.75) is 26.3 Å². The number of aryl methyl sites for hydroxylation is 1. The van der Waals surface area contributed by atoms with Crippen LogP contribution in [0.5, 0.6) is 0 Å². The maximum absolute atomic E-state index is 5.74. The molecule has 0 aromatic carbocycles. The number of rotatable bonds is 4. The Balaban J connectivity index is 2.73. The maximum Gasteiger partial charge on any atom is 0.0421 e. The van der Waals surface area contributed by atoms with E-state index in [1.165, 1.54) is 5.69 Å². The Morgan fingerprint density at radius 2 is 2.29 bits per heavy atom. The molecule has 0 spiro atoms. The molecule has 0 radical (unpaired) electrons. The molecule has 1 rings (SSSR count). The van der Waals surface area contributed by atoms with Crippen LogP contribution in [0, 0.1) is 0 Å². The summed E-state index contributed by atoms with van der Waals surface area (Å²) in [4.78, 5) is 6.42. The van der Waals surface area contributed by atoms with Crippen molar-refractivity contribution in [2.24, 2.45) is 5.73 Å². The van der Waals surface area contributed by atoms with Gasteiger partial charge >= 0.3 is 0 Å². The zero-order chi connectivity index (χ0) is 10.6. The summed E-state index contributed by atoms with van der Waals surface area (Å²) in [5.41, 5.74) is 8.06. The van der Waals surface area contributed by atoms with Gasteiger partial charge in [0.1, 0.15) is 0 Å². The van der Waals surface area contributed by atoms with Gasteiger partial charge in [-0.05, 0) is 25.5 Å².